The Balaban J connectivity index is 2.44. The average molecular weight is 452 g/mol. The van der Waals surface area contributed by atoms with Crippen molar-refractivity contribution >= 4 is 24.5 Å². The molecule has 2 N–H and O–H groups in total. The third kappa shape index (κ3) is 4.76. The average Bonchev–Trinajstić information content (AvgIpc) is 3.22. The van der Waals surface area contributed by atoms with Crippen LogP contribution in [0.3, 0.4) is 0 Å². The monoisotopic (exact) mass is 452 g/mol. The van der Waals surface area contributed by atoms with E-state index >= 15 is 0 Å². The lowest BCUT2D eigenvalue weighted by atomic mass is 9.77. The van der Waals surface area contributed by atoms with Crippen molar-refractivity contribution < 1.29 is 33.8 Å². The van der Waals surface area contributed by atoms with Crippen LogP contribution in [0.25, 0.3) is 16.9 Å². The van der Waals surface area contributed by atoms with Crippen LogP contribution in [0.5, 0.6) is 5.75 Å². The zero-order valence-corrected chi connectivity index (χ0v) is 18.9. The molecular formula is C23H25BN2O7. The van der Waals surface area contributed by atoms with Crippen LogP contribution < -0.4 is 10.2 Å². The fraction of sp³-hybridized carbons (Fsp3) is 0.261. The van der Waals surface area contributed by atoms with E-state index in [1.807, 2.05) is 6.92 Å². The summed E-state index contributed by atoms with van der Waals surface area (Å²) >= 11 is 0. The van der Waals surface area contributed by atoms with Gasteiger partial charge in [0.25, 0.3) is 0 Å². The number of carbonyl (C=O) groups is 2. The molecule has 3 rings (SSSR count). The predicted octanol–water partition coefficient (Wildman–Crippen LogP) is 1.89. The van der Waals surface area contributed by atoms with Gasteiger partial charge in [0.15, 0.2) is 5.69 Å². The van der Waals surface area contributed by atoms with Gasteiger partial charge in [-0.1, -0.05) is 36.8 Å². The number of aryl methyl sites for hydroxylation is 1. The molecule has 0 aliphatic heterocycles. The third-order valence-corrected chi connectivity index (χ3v) is 4.90. The molecule has 1 aromatic heterocycles. The number of aromatic nitrogens is 2. The molecule has 0 saturated carbocycles. The van der Waals surface area contributed by atoms with Crippen LogP contribution in [0.4, 0.5) is 0 Å². The topological polar surface area (TPSA) is 120 Å². The second kappa shape index (κ2) is 10.3. The van der Waals surface area contributed by atoms with Gasteiger partial charge in [0, 0.05) is 11.0 Å². The summed E-state index contributed by atoms with van der Waals surface area (Å²) in [4.78, 5) is 25.7. The maximum Gasteiger partial charge on any atom is 0.492 e. The van der Waals surface area contributed by atoms with Gasteiger partial charge in [-0.2, -0.15) is 5.10 Å². The Hall–Kier alpha value is -3.63. The number of esters is 2. The Morgan fingerprint density at radius 3 is 2.30 bits per heavy atom. The summed E-state index contributed by atoms with van der Waals surface area (Å²) in [7, 11) is 0.572. The van der Waals surface area contributed by atoms with Crippen molar-refractivity contribution in [2.24, 2.45) is 0 Å². The molecule has 2 aromatic carbocycles. The molecule has 172 valence electrons. The summed E-state index contributed by atoms with van der Waals surface area (Å²) in [5.41, 5.74) is 1.44. The highest BCUT2D eigenvalue weighted by molar-refractivity contribution is 6.60. The number of carbonyl (C=O) groups excluding carboxylic acids is 2. The number of nitrogens with zero attached hydrogens (tertiary/aromatic N) is 2. The molecule has 0 radical (unpaired) electrons. The molecule has 0 saturated heterocycles. The molecule has 0 aliphatic rings. The number of para-hydroxylation sites is 1. The quantitative estimate of drug-likeness (QED) is 0.393. The van der Waals surface area contributed by atoms with Crippen LogP contribution in [0.1, 0.15) is 39.8 Å². The van der Waals surface area contributed by atoms with Gasteiger partial charge < -0.3 is 24.3 Å². The fourth-order valence-electron chi connectivity index (χ4n) is 3.48. The van der Waals surface area contributed by atoms with E-state index in [1.165, 1.54) is 18.9 Å². The number of benzene rings is 2. The fourth-order valence-corrected chi connectivity index (χ4v) is 3.48. The first-order valence-corrected chi connectivity index (χ1v) is 10.3. The van der Waals surface area contributed by atoms with Crippen LogP contribution in [-0.2, 0) is 9.47 Å². The van der Waals surface area contributed by atoms with Gasteiger partial charge in [0.2, 0.25) is 0 Å². The van der Waals surface area contributed by atoms with Crippen LogP contribution in [0.2, 0.25) is 0 Å². The molecule has 1 heterocycles. The molecule has 33 heavy (non-hydrogen) atoms. The number of hydrogen-bond acceptors (Lipinski definition) is 8. The van der Waals surface area contributed by atoms with Crippen molar-refractivity contribution in [2.45, 2.75) is 20.3 Å². The maximum absolute atomic E-state index is 12.9. The van der Waals surface area contributed by atoms with Gasteiger partial charge in [-0.15, -0.1) is 0 Å². The van der Waals surface area contributed by atoms with Crippen LogP contribution in [0, 0.1) is 6.92 Å². The van der Waals surface area contributed by atoms with Crippen molar-refractivity contribution in [2.75, 3.05) is 20.8 Å². The minimum Gasteiger partial charge on any atom is -0.493 e. The van der Waals surface area contributed by atoms with Crippen LogP contribution >= 0.6 is 0 Å². The first-order valence-electron chi connectivity index (χ1n) is 10.3. The van der Waals surface area contributed by atoms with Crippen molar-refractivity contribution in [3.63, 3.8) is 0 Å². The minimum absolute atomic E-state index is 0.0859. The van der Waals surface area contributed by atoms with E-state index in [0.29, 0.717) is 23.2 Å². The summed E-state index contributed by atoms with van der Waals surface area (Å²) in [6.07, 6.45) is 0.657. The largest absolute Gasteiger partial charge is 0.493 e. The summed E-state index contributed by atoms with van der Waals surface area (Å²) in [6.45, 7) is 3.95. The van der Waals surface area contributed by atoms with E-state index in [9.17, 15) is 19.6 Å². The maximum atomic E-state index is 12.9. The normalized spacial score (nSPS) is 10.6. The van der Waals surface area contributed by atoms with Gasteiger partial charge in [0.1, 0.15) is 17.0 Å². The van der Waals surface area contributed by atoms with E-state index in [1.54, 1.807) is 49.4 Å². The highest BCUT2D eigenvalue weighted by Gasteiger charge is 2.34. The van der Waals surface area contributed by atoms with E-state index in [4.69, 9.17) is 14.2 Å². The lowest BCUT2D eigenvalue weighted by Gasteiger charge is -2.16. The lowest BCUT2D eigenvalue weighted by Crippen LogP contribution is -2.32. The first-order chi connectivity index (χ1) is 15.8. The van der Waals surface area contributed by atoms with Crippen molar-refractivity contribution in [1.29, 1.82) is 0 Å². The van der Waals surface area contributed by atoms with Crippen LogP contribution in [-0.4, -0.2) is 59.7 Å². The summed E-state index contributed by atoms with van der Waals surface area (Å²) < 4.78 is 17.1. The number of hydrogen-bond donors (Lipinski definition) is 2. The highest BCUT2D eigenvalue weighted by Crippen LogP contribution is 2.35. The van der Waals surface area contributed by atoms with Crippen molar-refractivity contribution in [1.82, 2.24) is 9.78 Å². The molecular weight excluding hydrogens is 427 g/mol. The van der Waals surface area contributed by atoms with Gasteiger partial charge >= 0.3 is 19.1 Å². The number of methoxy groups -OCH3 is 2. The zero-order chi connectivity index (χ0) is 24.1. The second-order valence-corrected chi connectivity index (χ2v) is 7.26. The van der Waals surface area contributed by atoms with E-state index in [2.05, 4.69) is 5.10 Å². The molecule has 0 aliphatic carbocycles. The molecule has 3 aromatic rings. The van der Waals surface area contributed by atoms with E-state index in [0.717, 1.165) is 0 Å². The molecule has 0 bridgehead atoms. The van der Waals surface area contributed by atoms with Gasteiger partial charge in [-0.05, 0) is 31.5 Å². The number of ether oxygens (including phenoxy) is 3. The standard InChI is InChI=1S/C23H25BN2O7/c1-5-11-33-21-16(12-14(2)13-17(21)24(29)30)19-18(22(27)31-3)20(23(28)32-4)26(25-19)15-9-7-6-8-10-15/h6-10,12-13,29-30H,5,11H2,1-4H3. The molecule has 0 spiro atoms. The van der Waals surface area contributed by atoms with Gasteiger partial charge in [0.05, 0.1) is 26.5 Å². The predicted molar refractivity (Wildman–Crippen MR) is 122 cm³/mol. The van der Waals surface area contributed by atoms with Crippen LogP contribution in [0.15, 0.2) is 42.5 Å². The minimum atomic E-state index is -1.83. The van der Waals surface area contributed by atoms with Crippen molar-refractivity contribution in [3.8, 4) is 22.7 Å². The number of rotatable bonds is 8. The summed E-state index contributed by atoms with van der Waals surface area (Å²) in [5.74, 6) is -1.44. The van der Waals surface area contributed by atoms with E-state index in [-0.39, 0.29) is 34.8 Å². The molecule has 0 atom stereocenters. The smallest absolute Gasteiger partial charge is 0.492 e. The molecule has 0 unspecified atom stereocenters. The SMILES string of the molecule is CCCOc1c(B(O)O)cc(C)cc1-c1nn(-c2ccccc2)c(C(=O)OC)c1C(=O)OC. The molecule has 0 amide bonds. The summed E-state index contributed by atoms with van der Waals surface area (Å²) in [5, 5.41) is 24.5. The van der Waals surface area contributed by atoms with Crippen molar-refractivity contribution in [3.05, 3.63) is 59.3 Å². The lowest BCUT2D eigenvalue weighted by molar-refractivity contribution is 0.0549. The van der Waals surface area contributed by atoms with Gasteiger partial charge in [-0.3, -0.25) is 0 Å². The Morgan fingerprint density at radius 1 is 1.06 bits per heavy atom. The van der Waals surface area contributed by atoms with E-state index < -0.39 is 19.1 Å². The highest BCUT2D eigenvalue weighted by atomic mass is 16.5. The second-order valence-electron chi connectivity index (χ2n) is 7.26. The third-order valence-electron chi connectivity index (χ3n) is 4.90. The first kappa shape index (κ1) is 24.0. The Kier molecular flexibility index (Phi) is 7.52. The zero-order valence-electron chi connectivity index (χ0n) is 18.9. The molecule has 10 heteroatoms. The molecule has 9 nitrogen and oxygen atoms in total. The Labute approximate surface area is 191 Å². The molecule has 0 fully saturated rings. The Bertz CT molecular complexity index is 1160. The van der Waals surface area contributed by atoms with Gasteiger partial charge in [-0.25, -0.2) is 14.3 Å². The summed E-state index contributed by atoms with van der Waals surface area (Å²) in [6, 6.07) is 12.0. The Morgan fingerprint density at radius 2 is 1.73 bits per heavy atom.